The number of allylic oxidation sites excluding steroid dienone is 1. The van der Waals surface area contributed by atoms with Gasteiger partial charge in [-0.15, -0.1) is 0 Å². The van der Waals surface area contributed by atoms with E-state index >= 15 is 0 Å². The number of fused-ring (bicyclic) bond motifs is 1. The molecule has 6 N–H and O–H groups in total. The van der Waals surface area contributed by atoms with E-state index in [1.165, 1.54) is 6.21 Å². The van der Waals surface area contributed by atoms with Crippen molar-refractivity contribution in [2.45, 2.75) is 51.2 Å². The summed E-state index contributed by atoms with van der Waals surface area (Å²) < 4.78 is 0. The highest BCUT2D eigenvalue weighted by Crippen LogP contribution is 2.25. The van der Waals surface area contributed by atoms with Crippen LogP contribution < -0.4 is 21.7 Å². The lowest BCUT2D eigenvalue weighted by Gasteiger charge is -2.29. The maximum Gasteiger partial charge on any atom is 0.255 e. The van der Waals surface area contributed by atoms with E-state index < -0.39 is 0 Å². The first kappa shape index (κ1) is 17.3. The molecule has 1 amide bonds. The fourth-order valence-corrected chi connectivity index (χ4v) is 3.29. The Morgan fingerprint density at radius 1 is 1.40 bits per heavy atom. The Kier molecular flexibility index (Phi) is 5.28. The molecule has 1 aromatic heterocycles. The molecular weight excluding hydrogens is 318 g/mol. The highest BCUT2D eigenvalue weighted by atomic mass is 16.1. The average Bonchev–Trinajstić information content (AvgIpc) is 2.98. The molecule has 0 aromatic carbocycles. The Morgan fingerprint density at radius 2 is 2.20 bits per heavy atom. The number of nitrogens with one attached hydrogen (secondary N) is 4. The van der Waals surface area contributed by atoms with Crippen molar-refractivity contribution in [1.82, 2.24) is 20.6 Å². The normalized spacial score (nSPS) is 23.0. The van der Waals surface area contributed by atoms with Gasteiger partial charge in [-0.05, 0) is 19.8 Å². The third-order valence-corrected chi connectivity index (χ3v) is 4.65. The van der Waals surface area contributed by atoms with Crippen molar-refractivity contribution < 1.29 is 4.79 Å². The Morgan fingerprint density at radius 3 is 2.92 bits per heavy atom. The number of anilines is 1. The first-order valence-corrected chi connectivity index (χ1v) is 8.79. The number of nitrogens with zero attached hydrogens (tertiary/aromatic N) is 2. The molecule has 1 aliphatic carbocycles. The Bertz CT molecular complexity index is 700. The predicted octanol–water partition coefficient (Wildman–Crippen LogP) is 1.00. The first-order chi connectivity index (χ1) is 12.1. The number of rotatable bonds is 6. The van der Waals surface area contributed by atoms with Crippen LogP contribution in [0.4, 0.5) is 5.95 Å². The zero-order valence-electron chi connectivity index (χ0n) is 14.4. The molecule has 0 saturated heterocycles. The number of hydrogen-bond donors (Lipinski definition) is 5. The Hall–Kier alpha value is -2.48. The molecule has 0 bridgehead atoms. The minimum Gasteiger partial charge on any atom is -0.391 e. The molecule has 2 unspecified atom stereocenters. The Balaban J connectivity index is 1.97. The summed E-state index contributed by atoms with van der Waals surface area (Å²) in [5.74, 6) is 0.270. The summed E-state index contributed by atoms with van der Waals surface area (Å²) in [5.41, 5.74) is 8.34. The van der Waals surface area contributed by atoms with Gasteiger partial charge in [-0.25, -0.2) is 9.97 Å². The van der Waals surface area contributed by atoms with Gasteiger partial charge >= 0.3 is 0 Å². The maximum absolute atomic E-state index is 12.2. The molecule has 1 aromatic rings. The van der Waals surface area contributed by atoms with Gasteiger partial charge in [-0.1, -0.05) is 12.8 Å². The zero-order valence-corrected chi connectivity index (χ0v) is 14.4. The quantitative estimate of drug-likeness (QED) is 0.490. The van der Waals surface area contributed by atoms with Crippen LogP contribution in [0.5, 0.6) is 0 Å². The van der Waals surface area contributed by atoms with Crippen molar-refractivity contribution in [3.8, 4) is 0 Å². The van der Waals surface area contributed by atoms with Crippen LogP contribution in [0.1, 0.15) is 54.4 Å². The lowest BCUT2D eigenvalue weighted by molar-refractivity contribution is 0.0965. The summed E-state index contributed by atoms with van der Waals surface area (Å²) in [6.07, 6.45) is 7.16. The SMILES string of the molecule is CCN/C=C(\C=N)c1nc(NC2CCCCC2N)nc2c1C(=O)NC2. The molecule has 3 rings (SSSR count). The van der Waals surface area contributed by atoms with Gasteiger partial charge in [0.15, 0.2) is 0 Å². The summed E-state index contributed by atoms with van der Waals surface area (Å²) in [6.45, 7) is 3.06. The standard InChI is InChI=1S/C17H25N7O/c1-2-20-8-10(7-18)15-14-13(9-21-16(14)25)23-17(24-15)22-12-6-4-3-5-11(12)19/h7-8,11-12,18,20H,2-6,9,19H2,1H3,(H,21,25)(H,22,23,24)/b10-8+,18-7?. The molecule has 2 atom stereocenters. The summed E-state index contributed by atoms with van der Waals surface area (Å²) in [5, 5.41) is 16.9. The summed E-state index contributed by atoms with van der Waals surface area (Å²) in [6, 6.07) is 0.208. The first-order valence-electron chi connectivity index (χ1n) is 8.79. The van der Waals surface area contributed by atoms with Gasteiger partial charge in [0.1, 0.15) is 0 Å². The van der Waals surface area contributed by atoms with Crippen molar-refractivity contribution in [2.24, 2.45) is 5.73 Å². The lowest BCUT2D eigenvalue weighted by atomic mass is 9.91. The van der Waals surface area contributed by atoms with Crippen LogP contribution in [-0.4, -0.2) is 40.7 Å². The fourth-order valence-electron chi connectivity index (χ4n) is 3.29. The minimum absolute atomic E-state index is 0.0771. The highest BCUT2D eigenvalue weighted by Gasteiger charge is 2.29. The van der Waals surface area contributed by atoms with Crippen molar-refractivity contribution in [2.75, 3.05) is 11.9 Å². The molecule has 2 aliphatic rings. The van der Waals surface area contributed by atoms with Crippen LogP contribution >= 0.6 is 0 Å². The number of aromatic nitrogens is 2. The largest absolute Gasteiger partial charge is 0.391 e. The molecule has 8 nitrogen and oxygen atoms in total. The van der Waals surface area contributed by atoms with Gasteiger partial charge < -0.3 is 27.1 Å². The van der Waals surface area contributed by atoms with E-state index in [1.54, 1.807) is 6.20 Å². The van der Waals surface area contributed by atoms with Crippen LogP contribution in [0.3, 0.4) is 0 Å². The average molecular weight is 343 g/mol. The molecule has 1 saturated carbocycles. The summed E-state index contributed by atoms with van der Waals surface area (Å²) in [4.78, 5) is 21.2. The van der Waals surface area contributed by atoms with Crippen LogP contribution in [0.2, 0.25) is 0 Å². The second-order valence-corrected chi connectivity index (χ2v) is 6.40. The van der Waals surface area contributed by atoms with Crippen LogP contribution in [-0.2, 0) is 6.54 Å². The second kappa shape index (κ2) is 7.60. The topological polar surface area (TPSA) is 129 Å². The minimum atomic E-state index is -0.199. The zero-order chi connectivity index (χ0) is 17.8. The van der Waals surface area contributed by atoms with E-state index in [-0.39, 0.29) is 18.0 Å². The predicted molar refractivity (Wildman–Crippen MR) is 97.5 cm³/mol. The van der Waals surface area contributed by atoms with E-state index in [4.69, 9.17) is 11.1 Å². The Labute approximate surface area is 147 Å². The molecule has 134 valence electrons. The van der Waals surface area contributed by atoms with E-state index in [2.05, 4.69) is 25.9 Å². The molecule has 0 radical (unpaired) electrons. The van der Waals surface area contributed by atoms with Crippen molar-refractivity contribution in [1.29, 1.82) is 5.41 Å². The molecule has 1 aliphatic heterocycles. The molecule has 8 heteroatoms. The number of carbonyl (C=O) groups is 1. The monoisotopic (exact) mass is 343 g/mol. The van der Waals surface area contributed by atoms with E-state index in [0.29, 0.717) is 35.0 Å². The van der Waals surface area contributed by atoms with Gasteiger partial charge in [0.2, 0.25) is 5.95 Å². The van der Waals surface area contributed by atoms with Crippen LogP contribution in [0.15, 0.2) is 6.20 Å². The van der Waals surface area contributed by atoms with Crippen molar-refractivity contribution >= 4 is 23.6 Å². The number of nitrogens with two attached hydrogens (primary N) is 1. The van der Waals surface area contributed by atoms with Crippen LogP contribution in [0, 0.1) is 5.41 Å². The second-order valence-electron chi connectivity index (χ2n) is 6.40. The highest BCUT2D eigenvalue weighted by molar-refractivity contribution is 6.13. The van der Waals surface area contributed by atoms with Crippen LogP contribution in [0.25, 0.3) is 5.57 Å². The van der Waals surface area contributed by atoms with Crippen molar-refractivity contribution in [3.05, 3.63) is 23.2 Å². The molecule has 1 fully saturated rings. The molecule has 25 heavy (non-hydrogen) atoms. The fraction of sp³-hybridized carbons (Fsp3) is 0.529. The molecule has 2 heterocycles. The third kappa shape index (κ3) is 3.63. The van der Waals surface area contributed by atoms with Gasteiger partial charge in [-0.2, -0.15) is 0 Å². The van der Waals surface area contributed by atoms with Crippen molar-refractivity contribution in [3.63, 3.8) is 0 Å². The van der Waals surface area contributed by atoms with Gasteiger partial charge in [0.25, 0.3) is 5.91 Å². The number of hydrogen-bond acceptors (Lipinski definition) is 7. The number of carbonyl (C=O) groups excluding carboxylic acids is 1. The smallest absolute Gasteiger partial charge is 0.255 e. The maximum atomic E-state index is 12.2. The van der Waals surface area contributed by atoms with E-state index in [9.17, 15) is 4.79 Å². The van der Waals surface area contributed by atoms with Gasteiger partial charge in [-0.3, -0.25) is 4.79 Å². The number of amides is 1. The summed E-state index contributed by atoms with van der Waals surface area (Å²) >= 11 is 0. The third-order valence-electron chi connectivity index (χ3n) is 4.65. The van der Waals surface area contributed by atoms with Gasteiger partial charge in [0.05, 0.1) is 23.5 Å². The lowest BCUT2D eigenvalue weighted by Crippen LogP contribution is -2.43. The van der Waals surface area contributed by atoms with E-state index in [0.717, 1.165) is 32.2 Å². The van der Waals surface area contributed by atoms with E-state index in [1.807, 2.05) is 6.92 Å². The van der Waals surface area contributed by atoms with Gasteiger partial charge in [0, 0.05) is 36.6 Å². The summed E-state index contributed by atoms with van der Waals surface area (Å²) in [7, 11) is 0. The molecule has 0 spiro atoms. The molecular formula is C17H25N7O.